The van der Waals surface area contributed by atoms with Crippen LogP contribution >= 0.6 is 11.3 Å². The molecule has 2 rings (SSSR count). The fraction of sp³-hybridized carbons (Fsp3) is 0.333. The number of nitrogens with one attached hydrogen (secondary N) is 1. The zero-order valence-corrected chi connectivity index (χ0v) is 12.1. The second-order valence-electron chi connectivity index (χ2n) is 4.40. The van der Waals surface area contributed by atoms with Crippen LogP contribution in [-0.2, 0) is 0 Å². The summed E-state index contributed by atoms with van der Waals surface area (Å²) in [5.41, 5.74) is 2.62. The monoisotopic (exact) mass is 261 g/mol. The second-order valence-corrected chi connectivity index (χ2v) is 5.69. The molecule has 0 bridgehead atoms. The Labute approximate surface area is 113 Å². The van der Waals surface area contributed by atoms with Gasteiger partial charge in [0.1, 0.15) is 5.75 Å². The van der Waals surface area contributed by atoms with Crippen LogP contribution in [0.25, 0.3) is 0 Å². The van der Waals surface area contributed by atoms with E-state index in [9.17, 15) is 0 Å². The van der Waals surface area contributed by atoms with Gasteiger partial charge < -0.3 is 10.1 Å². The fourth-order valence-electron chi connectivity index (χ4n) is 2.19. The van der Waals surface area contributed by atoms with E-state index >= 15 is 0 Å². The average molecular weight is 261 g/mol. The Hall–Kier alpha value is -1.32. The molecular formula is C15H19NOS. The van der Waals surface area contributed by atoms with Gasteiger partial charge in [0.15, 0.2) is 0 Å². The van der Waals surface area contributed by atoms with E-state index < -0.39 is 0 Å². The maximum Gasteiger partial charge on any atom is 0.118 e. The predicted octanol–water partition coefficient (Wildman–Crippen LogP) is 3.68. The molecule has 3 heteroatoms. The molecule has 96 valence electrons. The number of methoxy groups -OCH3 is 1. The zero-order chi connectivity index (χ0) is 13.1. The van der Waals surface area contributed by atoms with E-state index in [1.807, 2.05) is 30.5 Å². The smallest absolute Gasteiger partial charge is 0.118 e. The first-order valence-electron chi connectivity index (χ1n) is 6.04. The van der Waals surface area contributed by atoms with Crippen molar-refractivity contribution in [2.75, 3.05) is 14.2 Å². The third-order valence-electron chi connectivity index (χ3n) is 3.08. The van der Waals surface area contributed by atoms with E-state index in [2.05, 4.69) is 37.4 Å². The lowest BCUT2D eigenvalue weighted by molar-refractivity contribution is 0.414. The maximum absolute atomic E-state index is 5.20. The van der Waals surface area contributed by atoms with Crippen LogP contribution in [0.3, 0.4) is 0 Å². The van der Waals surface area contributed by atoms with E-state index in [1.54, 1.807) is 7.11 Å². The summed E-state index contributed by atoms with van der Waals surface area (Å²) >= 11 is 1.86. The summed E-state index contributed by atoms with van der Waals surface area (Å²) in [7, 11) is 3.70. The minimum atomic E-state index is 0.259. The Balaban J connectivity index is 2.35. The van der Waals surface area contributed by atoms with Crippen molar-refractivity contribution in [1.29, 1.82) is 0 Å². The van der Waals surface area contributed by atoms with Gasteiger partial charge in [0.25, 0.3) is 0 Å². The molecule has 1 aromatic carbocycles. The molecule has 1 heterocycles. The largest absolute Gasteiger partial charge is 0.497 e. The second kappa shape index (κ2) is 5.55. The lowest BCUT2D eigenvalue weighted by Crippen LogP contribution is -2.17. The van der Waals surface area contributed by atoms with Gasteiger partial charge in [-0.2, -0.15) is 0 Å². The highest BCUT2D eigenvalue weighted by Gasteiger charge is 2.16. The Kier molecular flexibility index (Phi) is 4.04. The standard InChI is InChI=1S/C15H19NOS/c1-10-9-11(2)18-15(10)14(16-3)12-5-7-13(17-4)8-6-12/h5-9,14,16H,1-4H3. The van der Waals surface area contributed by atoms with Crippen molar-refractivity contribution in [3.8, 4) is 5.75 Å². The number of thiophene rings is 1. The molecule has 0 radical (unpaired) electrons. The van der Waals surface area contributed by atoms with Crippen LogP contribution in [-0.4, -0.2) is 14.2 Å². The van der Waals surface area contributed by atoms with Gasteiger partial charge in [0.05, 0.1) is 13.2 Å². The zero-order valence-electron chi connectivity index (χ0n) is 11.3. The van der Waals surface area contributed by atoms with Gasteiger partial charge in [0.2, 0.25) is 0 Å². The number of hydrogen-bond donors (Lipinski definition) is 1. The first-order chi connectivity index (χ1) is 8.65. The predicted molar refractivity (Wildman–Crippen MR) is 77.7 cm³/mol. The summed E-state index contributed by atoms with van der Waals surface area (Å²) < 4.78 is 5.20. The van der Waals surface area contributed by atoms with Crippen molar-refractivity contribution in [2.24, 2.45) is 0 Å². The summed E-state index contributed by atoms with van der Waals surface area (Å²) in [5.74, 6) is 0.896. The molecule has 1 unspecified atom stereocenters. The Bertz CT molecular complexity index is 516. The number of hydrogen-bond acceptors (Lipinski definition) is 3. The van der Waals surface area contributed by atoms with Crippen LogP contribution in [0.4, 0.5) is 0 Å². The lowest BCUT2D eigenvalue weighted by atomic mass is 10.0. The lowest BCUT2D eigenvalue weighted by Gasteiger charge is -2.16. The molecule has 2 nitrogen and oxygen atoms in total. The minimum absolute atomic E-state index is 0.259. The summed E-state index contributed by atoms with van der Waals surface area (Å²) in [5, 5.41) is 3.40. The average Bonchev–Trinajstić information content (AvgIpc) is 2.70. The third-order valence-corrected chi connectivity index (χ3v) is 4.30. The Morgan fingerprint density at radius 2 is 1.83 bits per heavy atom. The van der Waals surface area contributed by atoms with E-state index in [0.29, 0.717) is 0 Å². The molecule has 2 aromatic rings. The van der Waals surface area contributed by atoms with E-state index in [-0.39, 0.29) is 6.04 Å². The van der Waals surface area contributed by atoms with Crippen molar-refractivity contribution in [2.45, 2.75) is 19.9 Å². The number of rotatable bonds is 4. The molecular weight excluding hydrogens is 242 g/mol. The van der Waals surface area contributed by atoms with Gasteiger partial charge in [-0.15, -0.1) is 11.3 Å². The van der Waals surface area contributed by atoms with Gasteiger partial charge in [0, 0.05) is 9.75 Å². The first kappa shape index (κ1) is 13.1. The maximum atomic E-state index is 5.20. The molecule has 1 atom stereocenters. The van der Waals surface area contributed by atoms with Gasteiger partial charge in [-0.25, -0.2) is 0 Å². The molecule has 0 spiro atoms. The van der Waals surface area contributed by atoms with E-state index in [0.717, 1.165) is 5.75 Å². The van der Waals surface area contributed by atoms with Gasteiger partial charge in [-0.05, 0) is 50.2 Å². The highest BCUT2D eigenvalue weighted by molar-refractivity contribution is 7.12. The van der Waals surface area contributed by atoms with Crippen LogP contribution in [0.5, 0.6) is 5.75 Å². The van der Waals surface area contributed by atoms with Gasteiger partial charge >= 0.3 is 0 Å². The minimum Gasteiger partial charge on any atom is -0.497 e. The quantitative estimate of drug-likeness (QED) is 0.906. The van der Waals surface area contributed by atoms with Crippen LogP contribution in [0, 0.1) is 13.8 Å². The molecule has 1 N–H and O–H groups in total. The normalized spacial score (nSPS) is 12.4. The third kappa shape index (κ3) is 2.57. The van der Waals surface area contributed by atoms with E-state index in [1.165, 1.54) is 20.9 Å². The highest BCUT2D eigenvalue weighted by Crippen LogP contribution is 2.32. The molecule has 0 saturated carbocycles. The molecule has 1 aromatic heterocycles. The molecule has 0 amide bonds. The SMILES string of the molecule is CNC(c1ccc(OC)cc1)c1sc(C)cc1C. The van der Waals surface area contributed by atoms with Crippen molar-refractivity contribution >= 4 is 11.3 Å². The van der Waals surface area contributed by atoms with Gasteiger partial charge in [-0.1, -0.05) is 12.1 Å². The summed E-state index contributed by atoms with van der Waals surface area (Å²) in [6.45, 7) is 4.33. The van der Waals surface area contributed by atoms with E-state index in [4.69, 9.17) is 4.74 Å². The van der Waals surface area contributed by atoms with Crippen molar-refractivity contribution < 1.29 is 4.74 Å². The molecule has 18 heavy (non-hydrogen) atoms. The fourth-order valence-corrected chi connectivity index (χ4v) is 3.37. The Morgan fingerprint density at radius 3 is 2.28 bits per heavy atom. The van der Waals surface area contributed by atoms with Crippen molar-refractivity contribution in [1.82, 2.24) is 5.32 Å². The summed E-state index contributed by atoms with van der Waals surface area (Å²) in [4.78, 5) is 2.75. The topological polar surface area (TPSA) is 21.3 Å². The van der Waals surface area contributed by atoms with Crippen LogP contribution in [0.2, 0.25) is 0 Å². The number of aryl methyl sites for hydroxylation is 2. The number of benzene rings is 1. The van der Waals surface area contributed by atoms with Crippen LogP contribution in [0.1, 0.15) is 26.9 Å². The van der Waals surface area contributed by atoms with Crippen LogP contribution < -0.4 is 10.1 Å². The summed E-state index contributed by atoms with van der Waals surface area (Å²) in [6.07, 6.45) is 0. The molecule has 0 aliphatic carbocycles. The van der Waals surface area contributed by atoms with Crippen molar-refractivity contribution in [3.05, 3.63) is 51.2 Å². The molecule has 0 fully saturated rings. The molecule has 0 aliphatic rings. The van der Waals surface area contributed by atoms with Gasteiger partial charge in [-0.3, -0.25) is 0 Å². The molecule has 0 saturated heterocycles. The number of ether oxygens (including phenoxy) is 1. The summed E-state index contributed by atoms with van der Waals surface area (Å²) in [6, 6.07) is 10.8. The first-order valence-corrected chi connectivity index (χ1v) is 6.85. The van der Waals surface area contributed by atoms with Crippen molar-refractivity contribution in [3.63, 3.8) is 0 Å². The highest BCUT2D eigenvalue weighted by atomic mass is 32.1. The molecule has 0 aliphatic heterocycles. The Morgan fingerprint density at radius 1 is 1.17 bits per heavy atom. The van der Waals surface area contributed by atoms with Crippen LogP contribution in [0.15, 0.2) is 30.3 Å².